The van der Waals surface area contributed by atoms with Gasteiger partial charge in [0, 0.05) is 24.7 Å². The van der Waals surface area contributed by atoms with Gasteiger partial charge in [0.2, 0.25) is 0 Å². The van der Waals surface area contributed by atoms with Gasteiger partial charge in [-0.2, -0.15) is 0 Å². The molecule has 1 aromatic rings. The summed E-state index contributed by atoms with van der Waals surface area (Å²) in [7, 11) is 1.57. The Balaban J connectivity index is 1.95. The number of carbonyl (C=O) groups is 1. The molecule has 0 spiro atoms. The van der Waals surface area contributed by atoms with E-state index in [1.165, 1.54) is 0 Å². The zero-order chi connectivity index (χ0) is 16.3. The van der Waals surface area contributed by atoms with Crippen molar-refractivity contribution < 1.29 is 19.0 Å². The van der Waals surface area contributed by atoms with E-state index < -0.39 is 5.60 Å². The van der Waals surface area contributed by atoms with E-state index in [0.717, 1.165) is 6.42 Å². The number of methoxy groups -OCH3 is 1. The third-order valence-electron chi connectivity index (χ3n) is 3.28. The largest absolute Gasteiger partial charge is 0.493 e. The van der Waals surface area contributed by atoms with E-state index in [9.17, 15) is 4.79 Å². The molecule has 6 heteroatoms. The molecule has 1 aliphatic rings. The Morgan fingerprint density at radius 3 is 2.68 bits per heavy atom. The number of nitrogens with two attached hydrogens (primary N) is 1. The molecule has 0 bridgehead atoms. The summed E-state index contributed by atoms with van der Waals surface area (Å²) in [5.41, 5.74) is 5.85. The quantitative estimate of drug-likeness (QED) is 0.869. The van der Waals surface area contributed by atoms with Crippen molar-refractivity contribution in [3.05, 3.63) is 18.2 Å². The second-order valence-corrected chi connectivity index (χ2v) is 6.37. The van der Waals surface area contributed by atoms with Crippen LogP contribution < -0.4 is 15.2 Å². The molecule has 1 heterocycles. The third-order valence-corrected chi connectivity index (χ3v) is 3.28. The molecule has 1 saturated heterocycles. The Hall–Kier alpha value is -2.11. The standard InChI is InChI=1S/C16H24N2O4/c1-16(2,3)22-15(19)18-8-7-12(10-18)21-13-6-5-11(17)9-14(13)20-4/h5-6,9,12H,7-8,10,17H2,1-4H3. The van der Waals surface area contributed by atoms with Crippen LogP contribution in [0.5, 0.6) is 11.5 Å². The fraction of sp³-hybridized carbons (Fsp3) is 0.562. The van der Waals surface area contributed by atoms with E-state index in [0.29, 0.717) is 30.3 Å². The van der Waals surface area contributed by atoms with Crippen LogP contribution in [-0.2, 0) is 4.74 Å². The Kier molecular flexibility index (Phi) is 4.68. The second kappa shape index (κ2) is 6.34. The predicted octanol–water partition coefficient (Wildman–Crippen LogP) is 2.67. The number of rotatable bonds is 3. The summed E-state index contributed by atoms with van der Waals surface area (Å²) in [5, 5.41) is 0. The van der Waals surface area contributed by atoms with Crippen molar-refractivity contribution in [2.24, 2.45) is 0 Å². The molecule has 1 aromatic carbocycles. The number of hydrogen-bond donors (Lipinski definition) is 1. The zero-order valence-corrected chi connectivity index (χ0v) is 13.6. The highest BCUT2D eigenvalue weighted by atomic mass is 16.6. The number of nitrogens with zero attached hydrogens (tertiary/aromatic N) is 1. The van der Waals surface area contributed by atoms with E-state index in [2.05, 4.69) is 0 Å². The van der Waals surface area contributed by atoms with E-state index in [1.807, 2.05) is 20.8 Å². The first-order valence-electron chi connectivity index (χ1n) is 7.36. The molecule has 122 valence electrons. The first-order chi connectivity index (χ1) is 10.3. The minimum absolute atomic E-state index is 0.0787. The summed E-state index contributed by atoms with van der Waals surface area (Å²) >= 11 is 0. The number of hydrogen-bond acceptors (Lipinski definition) is 5. The fourth-order valence-electron chi connectivity index (χ4n) is 2.28. The lowest BCUT2D eigenvalue weighted by Gasteiger charge is -2.24. The maximum absolute atomic E-state index is 12.0. The van der Waals surface area contributed by atoms with Crippen LogP contribution in [0.3, 0.4) is 0 Å². The van der Waals surface area contributed by atoms with Crippen LogP contribution in [0.2, 0.25) is 0 Å². The SMILES string of the molecule is COc1cc(N)ccc1OC1CCN(C(=O)OC(C)(C)C)C1. The van der Waals surface area contributed by atoms with Crippen LogP contribution >= 0.6 is 0 Å². The summed E-state index contributed by atoms with van der Waals surface area (Å²) in [6, 6.07) is 5.26. The van der Waals surface area contributed by atoms with Gasteiger partial charge in [0.25, 0.3) is 0 Å². The number of likely N-dealkylation sites (tertiary alicyclic amines) is 1. The lowest BCUT2D eigenvalue weighted by atomic mass is 10.2. The van der Waals surface area contributed by atoms with E-state index in [-0.39, 0.29) is 12.2 Å². The normalized spacial score (nSPS) is 18.2. The van der Waals surface area contributed by atoms with Crippen LogP contribution in [0.1, 0.15) is 27.2 Å². The van der Waals surface area contributed by atoms with Gasteiger partial charge in [-0.1, -0.05) is 0 Å². The Morgan fingerprint density at radius 1 is 1.32 bits per heavy atom. The molecule has 0 aliphatic carbocycles. The highest BCUT2D eigenvalue weighted by Gasteiger charge is 2.31. The van der Waals surface area contributed by atoms with Gasteiger partial charge < -0.3 is 24.8 Å². The molecule has 1 unspecified atom stereocenters. The second-order valence-electron chi connectivity index (χ2n) is 6.37. The summed E-state index contributed by atoms with van der Waals surface area (Å²) in [6.07, 6.45) is 0.375. The predicted molar refractivity (Wildman–Crippen MR) is 84.2 cm³/mol. The van der Waals surface area contributed by atoms with Crippen LogP contribution in [0, 0.1) is 0 Å². The van der Waals surface area contributed by atoms with Crippen LogP contribution in [0.15, 0.2) is 18.2 Å². The topological polar surface area (TPSA) is 74.0 Å². The summed E-state index contributed by atoms with van der Waals surface area (Å²) in [5.74, 6) is 1.23. The molecule has 0 aromatic heterocycles. The number of ether oxygens (including phenoxy) is 3. The summed E-state index contributed by atoms with van der Waals surface area (Å²) < 4.78 is 16.6. The molecule has 1 fully saturated rings. The first-order valence-corrected chi connectivity index (χ1v) is 7.36. The van der Waals surface area contributed by atoms with E-state index in [4.69, 9.17) is 19.9 Å². The van der Waals surface area contributed by atoms with Crippen molar-refractivity contribution in [2.75, 3.05) is 25.9 Å². The van der Waals surface area contributed by atoms with Crippen molar-refractivity contribution >= 4 is 11.8 Å². The van der Waals surface area contributed by atoms with Gasteiger partial charge in [0.05, 0.1) is 13.7 Å². The van der Waals surface area contributed by atoms with Crippen LogP contribution in [0.25, 0.3) is 0 Å². The van der Waals surface area contributed by atoms with Gasteiger partial charge in [0.15, 0.2) is 11.5 Å². The van der Waals surface area contributed by atoms with E-state index >= 15 is 0 Å². The number of anilines is 1. The molecule has 0 radical (unpaired) electrons. The number of benzene rings is 1. The molecule has 2 rings (SSSR count). The molecule has 2 N–H and O–H groups in total. The van der Waals surface area contributed by atoms with Gasteiger partial charge >= 0.3 is 6.09 Å². The van der Waals surface area contributed by atoms with Crippen molar-refractivity contribution in [3.63, 3.8) is 0 Å². The van der Waals surface area contributed by atoms with Crippen LogP contribution in [-0.4, -0.2) is 42.9 Å². The Morgan fingerprint density at radius 2 is 2.05 bits per heavy atom. The average Bonchev–Trinajstić information content (AvgIpc) is 2.87. The van der Waals surface area contributed by atoms with Crippen molar-refractivity contribution in [1.82, 2.24) is 4.90 Å². The summed E-state index contributed by atoms with van der Waals surface area (Å²) in [4.78, 5) is 13.7. The van der Waals surface area contributed by atoms with Crippen molar-refractivity contribution in [3.8, 4) is 11.5 Å². The smallest absolute Gasteiger partial charge is 0.410 e. The fourth-order valence-corrected chi connectivity index (χ4v) is 2.28. The molecular weight excluding hydrogens is 284 g/mol. The van der Waals surface area contributed by atoms with Crippen molar-refractivity contribution in [1.29, 1.82) is 0 Å². The monoisotopic (exact) mass is 308 g/mol. The Labute approximate surface area is 131 Å². The lowest BCUT2D eigenvalue weighted by Crippen LogP contribution is -2.36. The van der Waals surface area contributed by atoms with Gasteiger partial charge in [-0.05, 0) is 32.9 Å². The van der Waals surface area contributed by atoms with E-state index in [1.54, 1.807) is 30.2 Å². The minimum atomic E-state index is -0.490. The van der Waals surface area contributed by atoms with Gasteiger partial charge in [-0.15, -0.1) is 0 Å². The molecule has 1 aliphatic heterocycles. The van der Waals surface area contributed by atoms with Crippen LogP contribution in [0.4, 0.5) is 10.5 Å². The molecule has 0 saturated carbocycles. The third kappa shape index (κ3) is 4.19. The lowest BCUT2D eigenvalue weighted by molar-refractivity contribution is 0.0275. The van der Waals surface area contributed by atoms with Gasteiger partial charge in [-0.3, -0.25) is 0 Å². The molecular formula is C16H24N2O4. The molecule has 22 heavy (non-hydrogen) atoms. The number of carbonyl (C=O) groups excluding carboxylic acids is 1. The first kappa shape index (κ1) is 16.3. The van der Waals surface area contributed by atoms with Crippen molar-refractivity contribution in [2.45, 2.75) is 38.9 Å². The average molecular weight is 308 g/mol. The maximum atomic E-state index is 12.0. The minimum Gasteiger partial charge on any atom is -0.493 e. The highest BCUT2D eigenvalue weighted by Crippen LogP contribution is 2.31. The number of nitrogen functional groups attached to an aromatic ring is 1. The molecule has 1 amide bonds. The zero-order valence-electron chi connectivity index (χ0n) is 13.6. The Bertz CT molecular complexity index is 539. The molecule has 1 atom stereocenters. The molecule has 6 nitrogen and oxygen atoms in total. The van der Waals surface area contributed by atoms with Gasteiger partial charge in [0.1, 0.15) is 11.7 Å². The number of amides is 1. The highest BCUT2D eigenvalue weighted by molar-refractivity contribution is 5.68. The summed E-state index contributed by atoms with van der Waals surface area (Å²) in [6.45, 7) is 6.69. The van der Waals surface area contributed by atoms with Gasteiger partial charge in [-0.25, -0.2) is 4.79 Å². The maximum Gasteiger partial charge on any atom is 0.410 e.